The van der Waals surface area contributed by atoms with Gasteiger partial charge in [0.05, 0.1) is 4.88 Å². The fourth-order valence-corrected chi connectivity index (χ4v) is 3.61. The first-order chi connectivity index (χ1) is 10.9. The van der Waals surface area contributed by atoms with E-state index in [2.05, 4.69) is 14.9 Å². The van der Waals surface area contributed by atoms with Crippen molar-refractivity contribution in [2.75, 3.05) is 31.1 Å². The molecule has 0 bridgehead atoms. The van der Waals surface area contributed by atoms with Crippen LogP contribution in [0.15, 0.2) is 30.7 Å². The number of carbonyl (C=O) groups excluding carboxylic acids is 1. The van der Waals surface area contributed by atoms with Gasteiger partial charge in [-0.05, 0) is 17.7 Å². The van der Waals surface area contributed by atoms with Crippen molar-refractivity contribution >= 4 is 22.4 Å². The van der Waals surface area contributed by atoms with Gasteiger partial charge in [-0.1, -0.05) is 32.1 Å². The Morgan fingerprint density at radius 2 is 1.78 bits per heavy atom. The molecule has 3 rings (SSSR count). The standard InChI is InChI=1S/C17H22N4OS/c1-17(2,3)15(22)20-8-10-21(11-9-20)16-19-12-14(23-16)13-4-6-18-7-5-13/h4-7,12H,8-11H2,1-3H3. The lowest BCUT2D eigenvalue weighted by molar-refractivity contribution is -0.139. The van der Waals surface area contributed by atoms with Gasteiger partial charge in [-0.3, -0.25) is 9.78 Å². The van der Waals surface area contributed by atoms with Crippen LogP contribution in [0, 0.1) is 5.41 Å². The average Bonchev–Trinajstić information content (AvgIpc) is 3.04. The molecular formula is C17H22N4OS. The number of hydrogen-bond acceptors (Lipinski definition) is 5. The summed E-state index contributed by atoms with van der Waals surface area (Å²) >= 11 is 1.69. The molecule has 5 nitrogen and oxygen atoms in total. The Hall–Kier alpha value is -1.95. The highest BCUT2D eigenvalue weighted by Gasteiger charge is 2.30. The molecule has 122 valence electrons. The Balaban J connectivity index is 1.65. The molecule has 23 heavy (non-hydrogen) atoms. The van der Waals surface area contributed by atoms with Crippen LogP contribution in [0.3, 0.4) is 0 Å². The van der Waals surface area contributed by atoms with Crippen LogP contribution >= 0.6 is 11.3 Å². The molecule has 0 spiro atoms. The molecule has 1 aliphatic rings. The van der Waals surface area contributed by atoms with Gasteiger partial charge in [0.25, 0.3) is 0 Å². The number of hydrogen-bond donors (Lipinski definition) is 0. The SMILES string of the molecule is CC(C)(C)C(=O)N1CCN(c2ncc(-c3ccncc3)s2)CC1. The highest BCUT2D eigenvalue weighted by Crippen LogP contribution is 2.31. The number of nitrogens with zero attached hydrogens (tertiary/aromatic N) is 4. The van der Waals surface area contributed by atoms with E-state index in [4.69, 9.17) is 0 Å². The minimum atomic E-state index is -0.308. The van der Waals surface area contributed by atoms with Crippen LogP contribution in [0.25, 0.3) is 10.4 Å². The first kappa shape index (κ1) is 15.9. The molecule has 1 saturated heterocycles. The first-order valence-electron chi connectivity index (χ1n) is 7.86. The molecule has 6 heteroatoms. The zero-order valence-electron chi connectivity index (χ0n) is 13.8. The van der Waals surface area contributed by atoms with Crippen molar-refractivity contribution in [3.8, 4) is 10.4 Å². The lowest BCUT2D eigenvalue weighted by atomic mass is 9.94. The third-order valence-electron chi connectivity index (χ3n) is 3.94. The highest BCUT2D eigenvalue weighted by molar-refractivity contribution is 7.18. The number of rotatable bonds is 2. The molecule has 0 unspecified atom stereocenters. The van der Waals surface area contributed by atoms with E-state index in [1.165, 1.54) is 0 Å². The van der Waals surface area contributed by atoms with Crippen LogP contribution in [0.2, 0.25) is 0 Å². The van der Waals surface area contributed by atoms with E-state index in [1.807, 2.05) is 44.0 Å². The van der Waals surface area contributed by atoms with Gasteiger partial charge in [0.1, 0.15) is 0 Å². The summed E-state index contributed by atoms with van der Waals surface area (Å²) in [5, 5.41) is 1.03. The second-order valence-electron chi connectivity index (χ2n) is 6.77. The van der Waals surface area contributed by atoms with Gasteiger partial charge < -0.3 is 9.80 Å². The lowest BCUT2D eigenvalue weighted by Crippen LogP contribution is -2.51. The van der Waals surface area contributed by atoms with E-state index < -0.39 is 0 Å². The fraction of sp³-hybridized carbons (Fsp3) is 0.471. The van der Waals surface area contributed by atoms with Gasteiger partial charge in [0.2, 0.25) is 5.91 Å². The maximum Gasteiger partial charge on any atom is 0.228 e. The quantitative estimate of drug-likeness (QED) is 0.849. The Morgan fingerprint density at radius 1 is 1.13 bits per heavy atom. The number of carbonyl (C=O) groups is 1. The summed E-state index contributed by atoms with van der Waals surface area (Å²) in [7, 11) is 0. The zero-order valence-corrected chi connectivity index (χ0v) is 14.6. The summed E-state index contributed by atoms with van der Waals surface area (Å²) in [6.45, 7) is 9.13. The maximum absolute atomic E-state index is 12.3. The second kappa shape index (κ2) is 6.28. The van der Waals surface area contributed by atoms with E-state index in [-0.39, 0.29) is 11.3 Å². The van der Waals surface area contributed by atoms with Crippen LogP contribution in [0.4, 0.5) is 5.13 Å². The number of pyridine rings is 1. The maximum atomic E-state index is 12.3. The summed E-state index contributed by atoms with van der Waals surface area (Å²) in [6, 6.07) is 3.99. The number of amides is 1. The van der Waals surface area contributed by atoms with Crippen molar-refractivity contribution in [3.63, 3.8) is 0 Å². The zero-order chi connectivity index (χ0) is 16.4. The van der Waals surface area contributed by atoms with Crippen LogP contribution in [0.5, 0.6) is 0 Å². The summed E-state index contributed by atoms with van der Waals surface area (Å²) in [5.41, 5.74) is 0.836. The number of anilines is 1. The van der Waals surface area contributed by atoms with Crippen LogP contribution in [0.1, 0.15) is 20.8 Å². The van der Waals surface area contributed by atoms with Crippen molar-refractivity contribution in [1.82, 2.24) is 14.9 Å². The molecule has 1 fully saturated rings. The van der Waals surface area contributed by atoms with Gasteiger partial charge >= 0.3 is 0 Å². The summed E-state index contributed by atoms with van der Waals surface area (Å²) in [5.74, 6) is 0.230. The molecule has 0 saturated carbocycles. The molecule has 1 amide bonds. The third-order valence-corrected chi connectivity index (χ3v) is 5.04. The van der Waals surface area contributed by atoms with E-state index in [0.29, 0.717) is 0 Å². The fourth-order valence-electron chi connectivity index (χ4n) is 2.64. The molecule has 0 N–H and O–H groups in total. The molecule has 0 aromatic carbocycles. The minimum absolute atomic E-state index is 0.230. The Morgan fingerprint density at radius 3 is 2.39 bits per heavy atom. The van der Waals surface area contributed by atoms with Gasteiger partial charge in [0, 0.05) is 50.2 Å². The first-order valence-corrected chi connectivity index (χ1v) is 8.67. The molecule has 0 atom stereocenters. The molecule has 3 heterocycles. The minimum Gasteiger partial charge on any atom is -0.345 e. The van der Waals surface area contributed by atoms with Crippen molar-refractivity contribution in [2.45, 2.75) is 20.8 Å². The van der Waals surface area contributed by atoms with Gasteiger partial charge in [0.15, 0.2) is 5.13 Å². The molecule has 1 aliphatic heterocycles. The van der Waals surface area contributed by atoms with E-state index in [0.717, 1.165) is 41.8 Å². The number of piperazine rings is 1. The van der Waals surface area contributed by atoms with Crippen molar-refractivity contribution < 1.29 is 4.79 Å². The number of thiazole rings is 1. The average molecular weight is 330 g/mol. The Labute approximate surface area is 141 Å². The van der Waals surface area contributed by atoms with Crippen LogP contribution in [-0.4, -0.2) is 47.0 Å². The predicted octanol–water partition coefficient (Wildman–Crippen LogP) is 2.90. The summed E-state index contributed by atoms with van der Waals surface area (Å²) in [6.07, 6.45) is 5.51. The van der Waals surface area contributed by atoms with Gasteiger partial charge in [-0.2, -0.15) is 0 Å². The predicted molar refractivity (Wildman–Crippen MR) is 93.6 cm³/mol. The van der Waals surface area contributed by atoms with E-state index in [9.17, 15) is 4.79 Å². The largest absolute Gasteiger partial charge is 0.345 e. The molecule has 2 aromatic rings. The highest BCUT2D eigenvalue weighted by atomic mass is 32.1. The summed E-state index contributed by atoms with van der Waals surface area (Å²) < 4.78 is 0. The molecule has 2 aromatic heterocycles. The second-order valence-corrected chi connectivity index (χ2v) is 7.78. The molecule has 0 aliphatic carbocycles. The number of aromatic nitrogens is 2. The molecule has 0 radical (unpaired) electrons. The summed E-state index contributed by atoms with van der Waals surface area (Å²) in [4.78, 5) is 26.3. The van der Waals surface area contributed by atoms with Crippen molar-refractivity contribution in [1.29, 1.82) is 0 Å². The topological polar surface area (TPSA) is 49.3 Å². The van der Waals surface area contributed by atoms with Gasteiger partial charge in [-0.25, -0.2) is 4.98 Å². The van der Waals surface area contributed by atoms with E-state index in [1.54, 1.807) is 23.7 Å². The van der Waals surface area contributed by atoms with Crippen LogP contribution < -0.4 is 4.90 Å². The smallest absolute Gasteiger partial charge is 0.228 e. The third kappa shape index (κ3) is 3.52. The Kier molecular flexibility index (Phi) is 4.35. The van der Waals surface area contributed by atoms with E-state index >= 15 is 0 Å². The monoisotopic (exact) mass is 330 g/mol. The van der Waals surface area contributed by atoms with Crippen molar-refractivity contribution in [2.24, 2.45) is 5.41 Å². The molecular weight excluding hydrogens is 308 g/mol. The van der Waals surface area contributed by atoms with Gasteiger partial charge in [-0.15, -0.1) is 0 Å². The van der Waals surface area contributed by atoms with Crippen molar-refractivity contribution in [3.05, 3.63) is 30.7 Å². The Bertz CT molecular complexity index is 669. The normalized spacial score (nSPS) is 15.8. The lowest BCUT2D eigenvalue weighted by Gasteiger charge is -2.37. The van der Waals surface area contributed by atoms with Crippen LogP contribution in [-0.2, 0) is 4.79 Å².